The van der Waals surface area contributed by atoms with E-state index in [1.165, 1.54) is 0 Å². The molecular weight excluding hydrogens is 488 g/mol. The highest BCUT2D eigenvalue weighted by Gasteiger charge is 2.38. The number of amides is 1. The largest absolute Gasteiger partial charge is 0.486 e. The lowest BCUT2D eigenvalue weighted by molar-refractivity contribution is -0.109. The second-order valence-electron chi connectivity index (χ2n) is 9.15. The Morgan fingerprint density at radius 2 is 1.77 bits per heavy atom. The predicted molar refractivity (Wildman–Crippen MR) is 157 cm³/mol. The van der Waals surface area contributed by atoms with Crippen LogP contribution in [0.25, 0.3) is 22.0 Å². The smallest absolute Gasteiger partial charge is 0.207 e. The van der Waals surface area contributed by atoms with Crippen LogP contribution in [0.15, 0.2) is 85.1 Å². The van der Waals surface area contributed by atoms with Gasteiger partial charge in [0, 0.05) is 23.7 Å². The number of para-hydroxylation sites is 1. The van der Waals surface area contributed by atoms with Gasteiger partial charge in [-0.25, -0.2) is 0 Å². The van der Waals surface area contributed by atoms with Crippen LogP contribution in [0.4, 0.5) is 0 Å². The van der Waals surface area contributed by atoms with Crippen molar-refractivity contribution in [3.05, 3.63) is 96.2 Å². The van der Waals surface area contributed by atoms with Crippen molar-refractivity contribution in [2.24, 2.45) is 0 Å². The lowest BCUT2D eigenvalue weighted by Gasteiger charge is -2.37. The van der Waals surface area contributed by atoms with E-state index in [-0.39, 0.29) is 12.4 Å². The number of carbonyl (C=O) groups is 2. The van der Waals surface area contributed by atoms with E-state index in [0.29, 0.717) is 30.7 Å². The third-order valence-electron chi connectivity index (χ3n) is 6.74. The Hall–Kier alpha value is -4.03. The standard InChI is InChI=1S/C24H24N2O3.C7H8O.C2H6/c1-2-24(11-5-12-25-16-27)15-21(28)20-10-9-18(14-22(20)29-24)19-8-3-6-17-7-4-13-26-23(17)19;8-6-7-4-2-1-3-5-7;1-2/h3-4,6-10,13-14,16H,2,5,11-12,15H2,1H3,(H,25,27);1-5,8H,6H2;1-2H3. The minimum atomic E-state index is -0.524. The minimum Gasteiger partial charge on any atom is -0.486 e. The van der Waals surface area contributed by atoms with Crippen LogP contribution in [0, 0.1) is 0 Å². The third kappa shape index (κ3) is 7.52. The van der Waals surface area contributed by atoms with Crippen LogP contribution in [0.1, 0.15) is 62.4 Å². The second kappa shape index (κ2) is 14.8. The highest BCUT2D eigenvalue weighted by Crippen LogP contribution is 2.40. The summed E-state index contributed by atoms with van der Waals surface area (Å²) >= 11 is 0. The molecule has 0 fully saturated rings. The number of nitrogens with zero attached hydrogens (tertiary/aromatic N) is 1. The van der Waals surface area contributed by atoms with Crippen LogP contribution < -0.4 is 10.1 Å². The van der Waals surface area contributed by atoms with E-state index in [1.807, 2.05) is 99.6 Å². The van der Waals surface area contributed by atoms with Gasteiger partial charge in [0.05, 0.1) is 24.1 Å². The van der Waals surface area contributed by atoms with E-state index in [4.69, 9.17) is 9.84 Å². The van der Waals surface area contributed by atoms with Crippen molar-refractivity contribution in [2.75, 3.05) is 6.54 Å². The fraction of sp³-hybridized carbons (Fsp3) is 0.303. The summed E-state index contributed by atoms with van der Waals surface area (Å²) in [6, 6.07) is 25.4. The zero-order chi connectivity index (χ0) is 28.1. The van der Waals surface area contributed by atoms with E-state index in [2.05, 4.69) is 10.3 Å². The van der Waals surface area contributed by atoms with Crippen molar-refractivity contribution in [1.29, 1.82) is 0 Å². The molecule has 1 atom stereocenters. The van der Waals surface area contributed by atoms with Crippen LogP contribution in [-0.2, 0) is 11.4 Å². The molecule has 6 nitrogen and oxygen atoms in total. The lowest BCUT2D eigenvalue weighted by Crippen LogP contribution is -2.42. The van der Waals surface area contributed by atoms with Crippen LogP contribution >= 0.6 is 0 Å². The molecule has 6 heteroatoms. The molecule has 5 rings (SSSR count). The number of hydrogen-bond donors (Lipinski definition) is 2. The first-order valence-electron chi connectivity index (χ1n) is 13.6. The van der Waals surface area contributed by atoms with Gasteiger partial charge in [0.1, 0.15) is 11.4 Å². The first-order chi connectivity index (χ1) is 19.1. The fourth-order valence-corrected chi connectivity index (χ4v) is 4.67. The number of aromatic nitrogens is 1. The van der Waals surface area contributed by atoms with Gasteiger partial charge in [-0.2, -0.15) is 0 Å². The summed E-state index contributed by atoms with van der Waals surface area (Å²) in [5.74, 6) is 0.746. The number of aliphatic hydroxyl groups is 1. The Balaban J connectivity index is 0.000000357. The molecule has 3 aromatic carbocycles. The van der Waals surface area contributed by atoms with Crippen molar-refractivity contribution in [3.63, 3.8) is 0 Å². The first-order valence-corrected chi connectivity index (χ1v) is 13.6. The van der Waals surface area contributed by atoms with Gasteiger partial charge in [-0.15, -0.1) is 0 Å². The van der Waals surface area contributed by atoms with Crippen LogP contribution in [0.3, 0.4) is 0 Å². The number of carbonyl (C=O) groups excluding carboxylic acids is 2. The van der Waals surface area contributed by atoms with Crippen molar-refractivity contribution < 1.29 is 19.4 Å². The molecule has 39 heavy (non-hydrogen) atoms. The number of fused-ring (bicyclic) bond motifs is 2. The van der Waals surface area contributed by atoms with Crippen molar-refractivity contribution in [1.82, 2.24) is 10.3 Å². The highest BCUT2D eigenvalue weighted by molar-refractivity contribution is 6.02. The summed E-state index contributed by atoms with van der Waals surface area (Å²) in [7, 11) is 0. The molecule has 0 bridgehead atoms. The quantitative estimate of drug-likeness (QED) is 0.196. The topological polar surface area (TPSA) is 88.5 Å². The second-order valence-corrected chi connectivity index (χ2v) is 9.15. The van der Waals surface area contributed by atoms with Crippen LogP contribution in [0.5, 0.6) is 5.75 Å². The average molecular weight is 527 g/mol. The summed E-state index contributed by atoms with van der Waals surface area (Å²) in [6.45, 7) is 6.77. The van der Waals surface area contributed by atoms with E-state index < -0.39 is 5.60 Å². The van der Waals surface area contributed by atoms with E-state index >= 15 is 0 Å². The number of ketones is 1. The Morgan fingerprint density at radius 3 is 2.46 bits per heavy atom. The lowest BCUT2D eigenvalue weighted by atomic mass is 9.83. The molecule has 0 spiro atoms. The number of nitrogens with one attached hydrogen (secondary N) is 1. The summed E-state index contributed by atoms with van der Waals surface area (Å²) in [5, 5.41) is 12.3. The monoisotopic (exact) mass is 526 g/mol. The normalized spacial score (nSPS) is 15.5. The summed E-state index contributed by atoms with van der Waals surface area (Å²) < 4.78 is 6.44. The Labute approximate surface area is 231 Å². The number of hydrogen-bond acceptors (Lipinski definition) is 5. The Kier molecular flexibility index (Phi) is 11.2. The van der Waals surface area contributed by atoms with Crippen LogP contribution in [0.2, 0.25) is 0 Å². The molecule has 1 aromatic heterocycles. The molecule has 0 saturated heterocycles. The maximum absolute atomic E-state index is 12.8. The summed E-state index contributed by atoms with van der Waals surface area (Å²) in [4.78, 5) is 27.9. The molecule has 1 unspecified atom stereocenters. The summed E-state index contributed by atoms with van der Waals surface area (Å²) in [6.07, 6.45) is 5.08. The van der Waals surface area contributed by atoms with Gasteiger partial charge in [-0.1, -0.05) is 81.4 Å². The van der Waals surface area contributed by atoms with Crippen molar-refractivity contribution in [3.8, 4) is 16.9 Å². The zero-order valence-electron chi connectivity index (χ0n) is 23.0. The van der Waals surface area contributed by atoms with Gasteiger partial charge in [0.2, 0.25) is 6.41 Å². The van der Waals surface area contributed by atoms with Gasteiger partial charge in [-0.3, -0.25) is 14.6 Å². The molecule has 204 valence electrons. The van der Waals surface area contributed by atoms with Gasteiger partial charge >= 0.3 is 0 Å². The van der Waals surface area contributed by atoms with E-state index in [9.17, 15) is 9.59 Å². The van der Waals surface area contributed by atoms with Crippen molar-refractivity contribution in [2.45, 2.75) is 58.7 Å². The van der Waals surface area contributed by atoms with Gasteiger partial charge in [0.25, 0.3) is 0 Å². The average Bonchev–Trinajstić information content (AvgIpc) is 3.00. The minimum absolute atomic E-state index is 0.110. The molecule has 0 saturated carbocycles. The predicted octanol–water partition coefficient (Wildman–Crippen LogP) is 6.75. The van der Waals surface area contributed by atoms with E-state index in [1.54, 1.807) is 6.20 Å². The summed E-state index contributed by atoms with van der Waals surface area (Å²) in [5.41, 5.74) is 4.01. The third-order valence-corrected chi connectivity index (χ3v) is 6.74. The van der Waals surface area contributed by atoms with Gasteiger partial charge in [-0.05, 0) is 48.6 Å². The molecule has 2 N–H and O–H groups in total. The molecule has 1 aliphatic heterocycles. The number of aliphatic hydroxyl groups excluding tert-OH is 1. The number of Topliss-reactive ketones (excluding diaryl/α,β-unsaturated/α-hetero) is 1. The SMILES string of the molecule is CC.CCC1(CCCNC=O)CC(=O)c2ccc(-c3cccc4cccnc34)cc2O1.OCc1ccccc1. The number of pyridine rings is 1. The van der Waals surface area contributed by atoms with Gasteiger partial charge < -0.3 is 15.2 Å². The molecule has 1 aliphatic rings. The maximum atomic E-state index is 12.8. The number of rotatable bonds is 8. The first kappa shape index (κ1) is 29.5. The van der Waals surface area contributed by atoms with Crippen LogP contribution in [-0.4, -0.2) is 34.4 Å². The molecular formula is C33H38N2O4. The molecule has 1 amide bonds. The molecule has 0 radical (unpaired) electrons. The van der Waals surface area contributed by atoms with E-state index in [0.717, 1.165) is 46.9 Å². The fourth-order valence-electron chi connectivity index (χ4n) is 4.67. The molecule has 2 heterocycles. The Morgan fingerprint density at radius 1 is 1.00 bits per heavy atom. The van der Waals surface area contributed by atoms with Crippen molar-refractivity contribution >= 4 is 23.1 Å². The number of benzene rings is 3. The Bertz CT molecular complexity index is 1350. The van der Waals surface area contributed by atoms with Gasteiger partial charge in [0.15, 0.2) is 5.78 Å². The molecule has 0 aliphatic carbocycles. The molecule has 4 aromatic rings. The zero-order valence-corrected chi connectivity index (χ0v) is 23.0. The highest BCUT2D eigenvalue weighted by atomic mass is 16.5. The number of ether oxygens (including phenoxy) is 1. The maximum Gasteiger partial charge on any atom is 0.207 e.